The lowest BCUT2D eigenvalue weighted by Gasteiger charge is -2.25. The van der Waals surface area contributed by atoms with Crippen molar-refractivity contribution in [3.05, 3.63) is 29.3 Å². The van der Waals surface area contributed by atoms with Gasteiger partial charge in [0.15, 0.2) is 0 Å². The van der Waals surface area contributed by atoms with E-state index in [4.69, 9.17) is 10.5 Å². The number of benzene rings is 1. The minimum Gasteiger partial charge on any atom is -0.486 e. The Labute approximate surface area is 110 Å². The van der Waals surface area contributed by atoms with Gasteiger partial charge in [0.2, 0.25) is 0 Å². The Kier molecular flexibility index (Phi) is 5.63. The predicted molar refractivity (Wildman–Crippen MR) is 74.8 cm³/mol. The fraction of sp³-hybridized carbons (Fsp3) is 0.600. The maximum Gasteiger partial charge on any atom is 0.137 e. The fourth-order valence-corrected chi connectivity index (χ4v) is 1.92. The van der Waals surface area contributed by atoms with Crippen LogP contribution in [0.1, 0.15) is 31.4 Å². The normalized spacial score (nSPS) is 14.6. The molecule has 0 aliphatic carbocycles. The Balaban J connectivity index is 2.70. The molecule has 18 heavy (non-hydrogen) atoms. The summed E-state index contributed by atoms with van der Waals surface area (Å²) in [6.45, 7) is 8.28. The zero-order valence-electron chi connectivity index (χ0n) is 11.8. The molecule has 2 unspecified atom stereocenters. The number of aryl methyl sites for hydroxylation is 2. The molecule has 0 saturated carbocycles. The van der Waals surface area contributed by atoms with Gasteiger partial charge >= 0.3 is 0 Å². The van der Waals surface area contributed by atoms with E-state index in [1.807, 2.05) is 25.1 Å². The smallest absolute Gasteiger partial charge is 0.137 e. The van der Waals surface area contributed by atoms with Crippen LogP contribution in [-0.2, 0) is 0 Å². The van der Waals surface area contributed by atoms with Gasteiger partial charge in [0, 0.05) is 6.04 Å². The van der Waals surface area contributed by atoms with Crippen LogP contribution < -0.4 is 10.5 Å². The summed E-state index contributed by atoms with van der Waals surface area (Å²) < 4.78 is 5.79. The maximum atomic E-state index is 9.39. The molecule has 0 saturated heterocycles. The van der Waals surface area contributed by atoms with Gasteiger partial charge in [-0.3, -0.25) is 0 Å². The van der Waals surface area contributed by atoms with E-state index in [2.05, 4.69) is 20.8 Å². The summed E-state index contributed by atoms with van der Waals surface area (Å²) in [6, 6.07) is 5.79. The molecule has 1 rings (SSSR count). The molecule has 0 bridgehead atoms. The second-order valence-electron chi connectivity index (χ2n) is 5.38. The van der Waals surface area contributed by atoms with Gasteiger partial charge in [0.25, 0.3) is 0 Å². The Morgan fingerprint density at radius 1 is 1.22 bits per heavy atom. The van der Waals surface area contributed by atoms with Crippen molar-refractivity contribution in [2.45, 2.75) is 46.3 Å². The predicted octanol–water partition coefficient (Wildman–Crippen LogP) is 2.42. The van der Waals surface area contributed by atoms with Crippen molar-refractivity contribution in [2.75, 3.05) is 6.61 Å². The highest BCUT2D eigenvalue weighted by molar-refractivity contribution is 5.34. The first-order chi connectivity index (χ1) is 8.43. The highest BCUT2D eigenvalue weighted by Gasteiger charge is 2.20. The lowest BCUT2D eigenvalue weighted by Crippen LogP contribution is -2.42. The van der Waals surface area contributed by atoms with Crippen LogP contribution >= 0.6 is 0 Å². The molecule has 0 aliphatic heterocycles. The van der Waals surface area contributed by atoms with E-state index >= 15 is 0 Å². The van der Waals surface area contributed by atoms with Crippen molar-refractivity contribution < 1.29 is 9.84 Å². The third-order valence-corrected chi connectivity index (χ3v) is 3.17. The number of ether oxygens (including phenoxy) is 1. The first-order valence-corrected chi connectivity index (χ1v) is 6.54. The van der Waals surface area contributed by atoms with Crippen LogP contribution in [0.2, 0.25) is 0 Å². The summed E-state index contributed by atoms with van der Waals surface area (Å²) in [5.74, 6) is 1.27. The van der Waals surface area contributed by atoms with Crippen molar-refractivity contribution in [2.24, 2.45) is 11.7 Å². The lowest BCUT2D eigenvalue weighted by molar-refractivity contribution is 0.0881. The number of aliphatic hydroxyl groups excluding tert-OH is 1. The monoisotopic (exact) mass is 251 g/mol. The number of nitrogens with two attached hydrogens (primary N) is 1. The van der Waals surface area contributed by atoms with Crippen LogP contribution in [0.3, 0.4) is 0 Å². The highest BCUT2D eigenvalue weighted by atomic mass is 16.5. The van der Waals surface area contributed by atoms with Crippen LogP contribution in [-0.4, -0.2) is 23.9 Å². The molecule has 0 fully saturated rings. The minimum absolute atomic E-state index is 0.0548. The molecule has 3 nitrogen and oxygen atoms in total. The summed E-state index contributed by atoms with van der Waals surface area (Å²) in [7, 11) is 0. The largest absolute Gasteiger partial charge is 0.486 e. The van der Waals surface area contributed by atoms with Crippen LogP contribution in [0.5, 0.6) is 5.75 Å². The molecule has 1 aromatic rings. The number of rotatable bonds is 6. The molecule has 102 valence electrons. The average Bonchev–Trinajstić information content (AvgIpc) is 2.29. The van der Waals surface area contributed by atoms with Gasteiger partial charge in [-0.2, -0.15) is 0 Å². The zero-order valence-corrected chi connectivity index (χ0v) is 11.8. The number of aliphatic hydroxyl groups is 1. The molecular formula is C15H25NO2. The second-order valence-corrected chi connectivity index (χ2v) is 5.38. The number of hydrogen-bond donors (Lipinski definition) is 2. The van der Waals surface area contributed by atoms with Crippen LogP contribution in [0.25, 0.3) is 0 Å². The van der Waals surface area contributed by atoms with E-state index in [1.165, 1.54) is 11.1 Å². The van der Waals surface area contributed by atoms with Crippen molar-refractivity contribution >= 4 is 0 Å². The molecule has 0 radical (unpaired) electrons. The van der Waals surface area contributed by atoms with E-state index in [0.29, 0.717) is 5.92 Å². The van der Waals surface area contributed by atoms with Crippen LogP contribution in [0, 0.1) is 19.8 Å². The van der Waals surface area contributed by atoms with Gasteiger partial charge in [-0.05, 0) is 49.4 Å². The average molecular weight is 251 g/mol. The topological polar surface area (TPSA) is 55.5 Å². The molecule has 0 heterocycles. The molecule has 1 aromatic carbocycles. The van der Waals surface area contributed by atoms with Crippen molar-refractivity contribution in [1.29, 1.82) is 0 Å². The summed E-state index contributed by atoms with van der Waals surface area (Å²) in [5.41, 5.74) is 8.47. The van der Waals surface area contributed by atoms with Gasteiger partial charge in [-0.1, -0.05) is 19.9 Å². The van der Waals surface area contributed by atoms with Gasteiger partial charge < -0.3 is 15.6 Å². The van der Waals surface area contributed by atoms with E-state index < -0.39 is 0 Å². The first-order valence-electron chi connectivity index (χ1n) is 6.54. The highest BCUT2D eigenvalue weighted by Crippen LogP contribution is 2.19. The van der Waals surface area contributed by atoms with Gasteiger partial charge in [0.05, 0.1) is 6.61 Å². The van der Waals surface area contributed by atoms with E-state index in [-0.39, 0.29) is 18.8 Å². The molecule has 3 N–H and O–H groups in total. The molecular weight excluding hydrogens is 226 g/mol. The molecule has 0 amide bonds. The molecule has 0 aromatic heterocycles. The summed E-state index contributed by atoms with van der Waals surface area (Å²) in [6.07, 6.45) is 0.505. The van der Waals surface area contributed by atoms with Crippen LogP contribution in [0.15, 0.2) is 18.2 Å². The van der Waals surface area contributed by atoms with Gasteiger partial charge in [0.1, 0.15) is 11.9 Å². The van der Waals surface area contributed by atoms with Crippen LogP contribution in [0.4, 0.5) is 0 Å². The van der Waals surface area contributed by atoms with E-state index in [1.54, 1.807) is 0 Å². The van der Waals surface area contributed by atoms with E-state index in [9.17, 15) is 5.11 Å². The number of hydrogen-bond acceptors (Lipinski definition) is 3. The Morgan fingerprint density at radius 3 is 2.39 bits per heavy atom. The van der Waals surface area contributed by atoms with Crippen molar-refractivity contribution in [1.82, 2.24) is 0 Å². The van der Waals surface area contributed by atoms with Gasteiger partial charge in [-0.15, -0.1) is 0 Å². The van der Waals surface area contributed by atoms with E-state index in [0.717, 1.165) is 12.2 Å². The van der Waals surface area contributed by atoms with Crippen molar-refractivity contribution in [3.63, 3.8) is 0 Å². The third kappa shape index (κ3) is 4.31. The third-order valence-electron chi connectivity index (χ3n) is 3.17. The molecule has 2 atom stereocenters. The Morgan fingerprint density at radius 2 is 1.89 bits per heavy atom. The fourth-order valence-electron chi connectivity index (χ4n) is 1.92. The zero-order chi connectivity index (χ0) is 13.7. The first kappa shape index (κ1) is 15.0. The van der Waals surface area contributed by atoms with Crippen molar-refractivity contribution in [3.8, 4) is 5.75 Å². The Bertz CT molecular complexity index is 377. The molecule has 3 heteroatoms. The second kappa shape index (κ2) is 6.76. The quantitative estimate of drug-likeness (QED) is 0.816. The summed E-state index contributed by atoms with van der Waals surface area (Å²) in [4.78, 5) is 0. The standard InChI is InChI=1S/C15H25NO2/c1-10(2)7-14(16)15(9-17)18-13-6-5-11(3)12(4)8-13/h5-6,8,10,14-15,17H,7,9,16H2,1-4H3. The SMILES string of the molecule is Cc1ccc(OC(CO)C(N)CC(C)C)cc1C. The minimum atomic E-state index is -0.338. The Hall–Kier alpha value is -1.06. The lowest BCUT2D eigenvalue weighted by atomic mass is 10.0. The maximum absolute atomic E-state index is 9.39. The summed E-state index contributed by atoms with van der Waals surface area (Å²) in [5, 5.41) is 9.39. The van der Waals surface area contributed by atoms with Gasteiger partial charge in [-0.25, -0.2) is 0 Å². The summed E-state index contributed by atoms with van der Waals surface area (Å²) >= 11 is 0. The molecule has 0 spiro atoms. The molecule has 0 aliphatic rings.